The predicted octanol–water partition coefficient (Wildman–Crippen LogP) is 5.02. The van der Waals surface area contributed by atoms with E-state index in [1.165, 1.54) is 5.01 Å². The number of anilines is 1. The zero-order chi connectivity index (χ0) is 21.3. The summed E-state index contributed by atoms with van der Waals surface area (Å²) in [6.07, 6.45) is -0.614. The van der Waals surface area contributed by atoms with E-state index >= 15 is 0 Å². The zero-order valence-electron chi connectivity index (χ0n) is 15.9. The third kappa shape index (κ3) is 3.99. The van der Waals surface area contributed by atoms with E-state index in [1.807, 2.05) is 12.1 Å². The maximum Gasteiger partial charge on any atom is 0.276 e. The van der Waals surface area contributed by atoms with Crippen molar-refractivity contribution in [3.05, 3.63) is 92.9 Å². The number of rotatable bonds is 4. The molecule has 0 aliphatic carbocycles. The molecule has 1 aliphatic heterocycles. The van der Waals surface area contributed by atoms with E-state index < -0.39 is 12.1 Å². The number of amides is 2. The fraction of sp³-hybridized carbons (Fsp3) is 0.0909. The van der Waals surface area contributed by atoms with Crippen LogP contribution >= 0.6 is 27.5 Å². The molecular formula is C22H17BrClN3O3. The number of ether oxygens (including phenoxy) is 1. The van der Waals surface area contributed by atoms with Crippen LogP contribution in [0.25, 0.3) is 0 Å². The third-order valence-electron chi connectivity index (χ3n) is 4.74. The van der Waals surface area contributed by atoms with Crippen molar-refractivity contribution in [1.82, 2.24) is 10.4 Å². The molecule has 0 saturated carbocycles. The highest BCUT2D eigenvalue weighted by Gasteiger charge is 2.34. The second-order valence-electron chi connectivity index (χ2n) is 6.63. The molecule has 0 aromatic heterocycles. The average molecular weight is 487 g/mol. The number of fused-ring (bicyclic) bond motifs is 1. The van der Waals surface area contributed by atoms with Crippen LogP contribution in [0.5, 0.6) is 5.75 Å². The molecule has 8 heteroatoms. The van der Waals surface area contributed by atoms with Crippen molar-refractivity contribution in [3.63, 3.8) is 0 Å². The van der Waals surface area contributed by atoms with E-state index in [0.717, 1.165) is 10.0 Å². The van der Waals surface area contributed by atoms with Crippen molar-refractivity contribution in [3.8, 4) is 5.75 Å². The van der Waals surface area contributed by atoms with Gasteiger partial charge in [-0.25, -0.2) is 5.01 Å². The Kier molecular flexibility index (Phi) is 5.65. The van der Waals surface area contributed by atoms with Crippen LogP contribution < -0.4 is 15.5 Å². The number of nitrogens with zero attached hydrogens (tertiary/aromatic N) is 1. The Labute approximate surface area is 186 Å². The van der Waals surface area contributed by atoms with Crippen LogP contribution in [0.1, 0.15) is 32.4 Å². The smallest absolute Gasteiger partial charge is 0.276 e. The summed E-state index contributed by atoms with van der Waals surface area (Å²) in [6.45, 7) is 0. The molecule has 1 unspecified atom stereocenters. The first-order valence-electron chi connectivity index (χ1n) is 9.06. The summed E-state index contributed by atoms with van der Waals surface area (Å²) in [5, 5.41) is 5.03. The van der Waals surface area contributed by atoms with Gasteiger partial charge in [-0.1, -0.05) is 39.7 Å². The molecule has 4 rings (SSSR count). The molecule has 6 nitrogen and oxygen atoms in total. The highest BCUT2D eigenvalue weighted by Crippen LogP contribution is 2.34. The minimum Gasteiger partial charge on any atom is -0.497 e. The van der Waals surface area contributed by atoms with Gasteiger partial charge in [0.05, 0.1) is 12.7 Å². The van der Waals surface area contributed by atoms with Crippen molar-refractivity contribution in [2.45, 2.75) is 6.17 Å². The Hall–Kier alpha value is -3.03. The molecule has 0 radical (unpaired) electrons. The standard InChI is InChI=1S/C22H17BrClN3O3/c1-30-17-9-4-13(5-10-17)20-25-19-11-8-16(24)12-18(19)22(29)27(20)26-21(28)14-2-6-15(23)7-3-14/h2-12,20,25H,1H3,(H,26,28). The van der Waals surface area contributed by atoms with Crippen LogP contribution in [0.15, 0.2) is 71.2 Å². The first-order chi connectivity index (χ1) is 14.5. The van der Waals surface area contributed by atoms with Gasteiger partial charge in [0.2, 0.25) is 0 Å². The van der Waals surface area contributed by atoms with Crippen molar-refractivity contribution in [1.29, 1.82) is 0 Å². The van der Waals surface area contributed by atoms with Crippen LogP contribution in [-0.4, -0.2) is 23.9 Å². The molecule has 0 fully saturated rings. The monoisotopic (exact) mass is 485 g/mol. The van der Waals surface area contributed by atoms with Gasteiger partial charge in [-0.2, -0.15) is 0 Å². The van der Waals surface area contributed by atoms with Gasteiger partial charge in [0, 0.05) is 20.7 Å². The summed E-state index contributed by atoms with van der Waals surface area (Å²) in [6, 6.07) is 19.2. The van der Waals surface area contributed by atoms with Crippen LogP contribution in [0.3, 0.4) is 0 Å². The van der Waals surface area contributed by atoms with E-state index in [-0.39, 0.29) is 5.91 Å². The minimum absolute atomic E-state index is 0.363. The number of methoxy groups -OCH3 is 1. The van der Waals surface area contributed by atoms with Gasteiger partial charge in [0.1, 0.15) is 11.9 Å². The van der Waals surface area contributed by atoms with Crippen LogP contribution in [0, 0.1) is 0 Å². The van der Waals surface area contributed by atoms with Gasteiger partial charge in [0.25, 0.3) is 11.8 Å². The first-order valence-corrected chi connectivity index (χ1v) is 10.2. The lowest BCUT2D eigenvalue weighted by Gasteiger charge is -2.37. The highest BCUT2D eigenvalue weighted by molar-refractivity contribution is 9.10. The number of hydrogen-bond donors (Lipinski definition) is 2. The number of carbonyl (C=O) groups is 2. The molecule has 3 aromatic carbocycles. The third-order valence-corrected chi connectivity index (χ3v) is 5.50. The molecule has 2 N–H and O–H groups in total. The van der Waals surface area contributed by atoms with Crippen LogP contribution in [0.2, 0.25) is 5.02 Å². The lowest BCUT2D eigenvalue weighted by atomic mass is 10.0. The second-order valence-corrected chi connectivity index (χ2v) is 7.99. The summed E-state index contributed by atoms with van der Waals surface area (Å²) >= 11 is 9.44. The average Bonchev–Trinajstić information content (AvgIpc) is 2.76. The molecular weight excluding hydrogens is 470 g/mol. The van der Waals surface area contributed by atoms with Crippen molar-refractivity contribution >= 4 is 45.0 Å². The maximum absolute atomic E-state index is 13.3. The molecule has 0 bridgehead atoms. The number of benzene rings is 3. The van der Waals surface area contributed by atoms with E-state index in [9.17, 15) is 9.59 Å². The van der Waals surface area contributed by atoms with Gasteiger partial charge in [-0.15, -0.1) is 0 Å². The maximum atomic E-state index is 13.3. The quantitative estimate of drug-likeness (QED) is 0.543. The lowest BCUT2D eigenvalue weighted by Crippen LogP contribution is -2.52. The predicted molar refractivity (Wildman–Crippen MR) is 119 cm³/mol. The lowest BCUT2D eigenvalue weighted by molar-refractivity contribution is 0.0491. The van der Waals surface area contributed by atoms with Gasteiger partial charge < -0.3 is 10.1 Å². The number of carbonyl (C=O) groups excluding carboxylic acids is 2. The summed E-state index contributed by atoms with van der Waals surface area (Å²) in [5.74, 6) is -0.0716. The number of hydrazine groups is 1. The fourth-order valence-corrected chi connectivity index (χ4v) is 3.62. The summed E-state index contributed by atoms with van der Waals surface area (Å²) in [5.41, 5.74) is 4.96. The van der Waals surface area contributed by atoms with E-state index in [1.54, 1.807) is 61.7 Å². The zero-order valence-corrected chi connectivity index (χ0v) is 18.2. The molecule has 0 spiro atoms. The Morgan fingerprint density at radius 2 is 1.80 bits per heavy atom. The van der Waals surface area contributed by atoms with Gasteiger partial charge in [-0.05, 0) is 60.2 Å². The Morgan fingerprint density at radius 3 is 2.47 bits per heavy atom. The molecule has 1 atom stereocenters. The first kappa shape index (κ1) is 20.3. The number of nitrogens with one attached hydrogen (secondary N) is 2. The van der Waals surface area contributed by atoms with E-state index in [0.29, 0.717) is 27.6 Å². The molecule has 1 aliphatic rings. The molecule has 3 aromatic rings. The van der Waals surface area contributed by atoms with Crippen molar-refractivity contribution in [2.24, 2.45) is 0 Å². The summed E-state index contributed by atoms with van der Waals surface area (Å²) in [7, 11) is 1.59. The molecule has 152 valence electrons. The minimum atomic E-state index is -0.614. The van der Waals surface area contributed by atoms with Gasteiger partial charge >= 0.3 is 0 Å². The Balaban J connectivity index is 1.71. The second kappa shape index (κ2) is 8.38. The van der Waals surface area contributed by atoms with Gasteiger partial charge in [0.15, 0.2) is 0 Å². The summed E-state index contributed by atoms with van der Waals surface area (Å²) in [4.78, 5) is 26.1. The topological polar surface area (TPSA) is 70.7 Å². The Morgan fingerprint density at radius 1 is 1.10 bits per heavy atom. The summed E-state index contributed by atoms with van der Waals surface area (Å²) < 4.78 is 6.07. The van der Waals surface area contributed by atoms with Crippen molar-refractivity contribution < 1.29 is 14.3 Å². The molecule has 30 heavy (non-hydrogen) atoms. The SMILES string of the molecule is COc1ccc(C2Nc3ccc(Cl)cc3C(=O)N2NC(=O)c2ccc(Br)cc2)cc1. The van der Waals surface area contributed by atoms with Crippen molar-refractivity contribution in [2.75, 3.05) is 12.4 Å². The number of halogens is 2. The fourth-order valence-electron chi connectivity index (χ4n) is 3.19. The molecule has 1 heterocycles. The number of hydrogen-bond acceptors (Lipinski definition) is 4. The normalized spacial score (nSPS) is 15.2. The molecule has 2 amide bonds. The molecule has 0 saturated heterocycles. The van der Waals surface area contributed by atoms with Crippen LogP contribution in [0.4, 0.5) is 5.69 Å². The largest absolute Gasteiger partial charge is 0.497 e. The van der Waals surface area contributed by atoms with Gasteiger partial charge in [-0.3, -0.25) is 15.0 Å². The Bertz CT molecular complexity index is 1100. The van der Waals surface area contributed by atoms with E-state index in [4.69, 9.17) is 16.3 Å². The van der Waals surface area contributed by atoms with E-state index in [2.05, 4.69) is 26.7 Å². The highest BCUT2D eigenvalue weighted by atomic mass is 79.9. The van der Waals surface area contributed by atoms with Crippen LogP contribution in [-0.2, 0) is 0 Å².